The van der Waals surface area contributed by atoms with E-state index in [0.717, 1.165) is 5.75 Å². The molecule has 4 aromatic rings. The molecule has 0 aromatic heterocycles. The van der Waals surface area contributed by atoms with Gasteiger partial charge < -0.3 is 20.1 Å². The number of carbonyl (C=O) groups is 2. The summed E-state index contributed by atoms with van der Waals surface area (Å²) >= 11 is 6.07. The zero-order valence-corrected chi connectivity index (χ0v) is 18.8. The normalized spacial score (nSPS) is 10.3. The van der Waals surface area contributed by atoms with Gasteiger partial charge in [-0.15, -0.1) is 0 Å². The third-order valence-corrected chi connectivity index (χ3v) is 5.06. The van der Waals surface area contributed by atoms with Crippen LogP contribution in [0.5, 0.6) is 17.2 Å². The number of benzene rings is 4. The standard InChI is InChI=1S/C27H21ClN2O4/c28-24-8-4-5-9-25(24)30-27(32)19-10-14-21(15-11-19)33-18-26(31)29-20-12-16-23(17-13-20)34-22-6-2-1-3-7-22/h1-17H,18H2,(H,29,31)(H,30,32). The SMILES string of the molecule is O=C(COc1ccc(C(=O)Nc2ccccc2Cl)cc1)Nc1ccc(Oc2ccccc2)cc1. The van der Waals surface area contributed by atoms with Crippen molar-refractivity contribution < 1.29 is 19.1 Å². The fourth-order valence-corrected chi connectivity index (χ4v) is 3.22. The number of hydrogen-bond acceptors (Lipinski definition) is 4. The molecule has 0 spiro atoms. The van der Waals surface area contributed by atoms with Crippen LogP contribution in [-0.4, -0.2) is 18.4 Å². The van der Waals surface area contributed by atoms with Gasteiger partial charge in [-0.2, -0.15) is 0 Å². The number of amides is 2. The maximum absolute atomic E-state index is 12.4. The van der Waals surface area contributed by atoms with Gasteiger partial charge in [-0.1, -0.05) is 41.9 Å². The highest BCUT2D eigenvalue weighted by Gasteiger charge is 2.09. The predicted molar refractivity (Wildman–Crippen MR) is 133 cm³/mol. The van der Waals surface area contributed by atoms with E-state index < -0.39 is 0 Å². The number of ether oxygens (including phenoxy) is 2. The Morgan fingerprint density at radius 3 is 2.00 bits per heavy atom. The highest BCUT2D eigenvalue weighted by Crippen LogP contribution is 2.23. The summed E-state index contributed by atoms with van der Waals surface area (Å²) in [7, 11) is 0. The lowest BCUT2D eigenvalue weighted by atomic mass is 10.2. The molecule has 170 valence electrons. The third-order valence-electron chi connectivity index (χ3n) is 4.73. The first kappa shape index (κ1) is 22.9. The molecule has 0 atom stereocenters. The van der Waals surface area contributed by atoms with Crippen LogP contribution < -0.4 is 20.1 Å². The molecule has 6 nitrogen and oxygen atoms in total. The van der Waals surface area contributed by atoms with Crippen LogP contribution in [0.4, 0.5) is 11.4 Å². The Kier molecular flexibility index (Phi) is 7.42. The minimum atomic E-state index is -0.308. The minimum Gasteiger partial charge on any atom is -0.484 e. The van der Waals surface area contributed by atoms with E-state index >= 15 is 0 Å². The van der Waals surface area contributed by atoms with Gasteiger partial charge in [0, 0.05) is 11.3 Å². The summed E-state index contributed by atoms with van der Waals surface area (Å²) in [5.74, 6) is 1.27. The summed E-state index contributed by atoms with van der Waals surface area (Å²) in [5.41, 5.74) is 1.60. The van der Waals surface area contributed by atoms with Crippen molar-refractivity contribution in [2.75, 3.05) is 17.2 Å². The number of rotatable bonds is 8. The zero-order valence-electron chi connectivity index (χ0n) is 18.0. The van der Waals surface area contributed by atoms with E-state index in [9.17, 15) is 9.59 Å². The van der Waals surface area contributed by atoms with E-state index in [0.29, 0.717) is 33.5 Å². The van der Waals surface area contributed by atoms with Gasteiger partial charge in [-0.3, -0.25) is 9.59 Å². The van der Waals surface area contributed by atoms with Crippen LogP contribution in [0.3, 0.4) is 0 Å². The lowest BCUT2D eigenvalue weighted by Crippen LogP contribution is -2.20. The lowest BCUT2D eigenvalue weighted by Gasteiger charge is -2.10. The van der Waals surface area contributed by atoms with Crippen molar-refractivity contribution in [3.8, 4) is 17.2 Å². The molecule has 2 amide bonds. The molecule has 4 aromatic carbocycles. The molecule has 2 N–H and O–H groups in total. The van der Waals surface area contributed by atoms with Gasteiger partial charge >= 0.3 is 0 Å². The van der Waals surface area contributed by atoms with E-state index in [-0.39, 0.29) is 18.4 Å². The molecule has 0 fully saturated rings. The van der Waals surface area contributed by atoms with Gasteiger partial charge in [-0.25, -0.2) is 0 Å². The molecular weight excluding hydrogens is 452 g/mol. The summed E-state index contributed by atoms with van der Waals surface area (Å²) < 4.78 is 11.3. The van der Waals surface area contributed by atoms with Crippen LogP contribution in [0.15, 0.2) is 103 Å². The van der Waals surface area contributed by atoms with Gasteiger partial charge in [0.05, 0.1) is 10.7 Å². The zero-order chi connectivity index (χ0) is 23.8. The number of carbonyl (C=O) groups excluding carboxylic acids is 2. The van der Waals surface area contributed by atoms with Crippen LogP contribution in [0.1, 0.15) is 10.4 Å². The van der Waals surface area contributed by atoms with Crippen molar-refractivity contribution in [3.05, 3.63) is 114 Å². The molecule has 0 bridgehead atoms. The smallest absolute Gasteiger partial charge is 0.262 e. The second-order valence-electron chi connectivity index (χ2n) is 7.23. The molecule has 4 rings (SSSR count). The van der Waals surface area contributed by atoms with Crippen molar-refractivity contribution >= 4 is 34.8 Å². The second kappa shape index (κ2) is 11.0. The first-order chi connectivity index (χ1) is 16.6. The number of anilines is 2. The quantitative estimate of drug-likeness (QED) is 0.311. The van der Waals surface area contributed by atoms with Crippen molar-refractivity contribution in [1.82, 2.24) is 0 Å². The highest BCUT2D eigenvalue weighted by atomic mass is 35.5. The summed E-state index contributed by atoms with van der Waals surface area (Å²) in [6.45, 7) is -0.173. The first-order valence-electron chi connectivity index (χ1n) is 10.5. The average molecular weight is 473 g/mol. The fourth-order valence-electron chi connectivity index (χ4n) is 3.04. The molecule has 0 aliphatic rings. The molecule has 0 heterocycles. The average Bonchev–Trinajstić information content (AvgIpc) is 2.86. The van der Waals surface area contributed by atoms with Crippen LogP contribution >= 0.6 is 11.6 Å². The van der Waals surface area contributed by atoms with Gasteiger partial charge in [-0.05, 0) is 72.8 Å². The van der Waals surface area contributed by atoms with Crippen LogP contribution in [0.2, 0.25) is 5.02 Å². The molecule has 0 unspecified atom stereocenters. The van der Waals surface area contributed by atoms with Gasteiger partial charge in [0.1, 0.15) is 17.2 Å². The fraction of sp³-hybridized carbons (Fsp3) is 0.0370. The first-order valence-corrected chi connectivity index (χ1v) is 10.9. The van der Waals surface area contributed by atoms with E-state index in [1.54, 1.807) is 72.8 Å². The summed E-state index contributed by atoms with van der Waals surface area (Å²) in [6, 6.07) is 30.0. The van der Waals surface area contributed by atoms with Crippen molar-refractivity contribution in [2.45, 2.75) is 0 Å². The highest BCUT2D eigenvalue weighted by molar-refractivity contribution is 6.33. The van der Waals surface area contributed by atoms with Crippen LogP contribution in [0, 0.1) is 0 Å². The molecule has 34 heavy (non-hydrogen) atoms. The third kappa shape index (κ3) is 6.37. The number of para-hydroxylation sites is 2. The molecule has 0 radical (unpaired) electrons. The van der Waals surface area contributed by atoms with Gasteiger partial charge in [0.2, 0.25) is 0 Å². The molecule has 0 saturated carbocycles. The Labute approximate surface area is 202 Å². The Morgan fingerprint density at radius 1 is 0.676 bits per heavy atom. The minimum absolute atomic E-state index is 0.173. The molecule has 0 saturated heterocycles. The summed E-state index contributed by atoms with van der Waals surface area (Å²) in [4.78, 5) is 24.6. The van der Waals surface area contributed by atoms with E-state index in [2.05, 4.69) is 10.6 Å². The maximum atomic E-state index is 12.4. The molecule has 0 aliphatic carbocycles. The van der Waals surface area contributed by atoms with Crippen molar-refractivity contribution in [2.24, 2.45) is 0 Å². The summed E-state index contributed by atoms with van der Waals surface area (Å²) in [6.07, 6.45) is 0. The number of hydrogen-bond donors (Lipinski definition) is 2. The summed E-state index contributed by atoms with van der Waals surface area (Å²) in [5, 5.41) is 5.98. The monoisotopic (exact) mass is 472 g/mol. The van der Waals surface area contributed by atoms with Crippen LogP contribution in [0.25, 0.3) is 0 Å². The van der Waals surface area contributed by atoms with E-state index in [1.807, 2.05) is 30.3 Å². The Bertz CT molecular complexity index is 1260. The topological polar surface area (TPSA) is 76.7 Å². The molecule has 0 aliphatic heterocycles. The van der Waals surface area contributed by atoms with E-state index in [1.165, 1.54) is 0 Å². The van der Waals surface area contributed by atoms with Crippen molar-refractivity contribution in [3.63, 3.8) is 0 Å². The largest absolute Gasteiger partial charge is 0.484 e. The van der Waals surface area contributed by atoms with Gasteiger partial charge in [0.25, 0.3) is 11.8 Å². The van der Waals surface area contributed by atoms with Crippen LogP contribution in [-0.2, 0) is 4.79 Å². The predicted octanol–water partition coefficient (Wildman–Crippen LogP) is 6.40. The lowest BCUT2D eigenvalue weighted by molar-refractivity contribution is -0.118. The molecule has 7 heteroatoms. The Hall–Kier alpha value is -4.29. The maximum Gasteiger partial charge on any atom is 0.262 e. The number of halogens is 1. The van der Waals surface area contributed by atoms with Crippen molar-refractivity contribution in [1.29, 1.82) is 0 Å². The van der Waals surface area contributed by atoms with Gasteiger partial charge in [0.15, 0.2) is 6.61 Å². The van der Waals surface area contributed by atoms with E-state index in [4.69, 9.17) is 21.1 Å². The molecular formula is C27H21ClN2O4. The second-order valence-corrected chi connectivity index (χ2v) is 7.64. The number of nitrogens with one attached hydrogen (secondary N) is 2. The Morgan fingerprint density at radius 2 is 1.29 bits per heavy atom. The Balaban J connectivity index is 1.25.